The largest absolute Gasteiger partial charge is 0.455 e. The second-order valence-electron chi connectivity index (χ2n) is 13.3. The van der Waals surface area contributed by atoms with E-state index in [0.717, 1.165) is 61.3 Å². The van der Waals surface area contributed by atoms with Gasteiger partial charge in [-0.3, -0.25) is 0 Å². The lowest BCUT2D eigenvalue weighted by Gasteiger charge is -2.27. The first-order chi connectivity index (χ1) is 25.8. The fraction of sp³-hybridized carbons (Fsp3) is 0. The van der Waals surface area contributed by atoms with Crippen molar-refractivity contribution in [2.75, 3.05) is 4.90 Å². The van der Waals surface area contributed by atoms with Gasteiger partial charge in [0.15, 0.2) is 0 Å². The number of fused-ring (bicyclic) bond motifs is 5. The molecule has 52 heavy (non-hydrogen) atoms. The predicted octanol–water partition coefficient (Wildman–Crippen LogP) is 14.4. The van der Waals surface area contributed by atoms with Crippen molar-refractivity contribution in [3.8, 4) is 33.4 Å². The van der Waals surface area contributed by atoms with Crippen LogP contribution in [0.4, 0.5) is 17.1 Å². The van der Waals surface area contributed by atoms with E-state index in [4.69, 9.17) is 4.42 Å². The van der Waals surface area contributed by atoms with Crippen LogP contribution in [0.5, 0.6) is 0 Å². The van der Waals surface area contributed by atoms with Gasteiger partial charge in [0.25, 0.3) is 0 Å². The zero-order chi connectivity index (χ0) is 34.4. The van der Waals surface area contributed by atoms with Crippen molar-refractivity contribution in [2.24, 2.45) is 0 Å². The molecule has 0 unspecified atom stereocenters. The van der Waals surface area contributed by atoms with E-state index >= 15 is 0 Å². The van der Waals surface area contributed by atoms with Gasteiger partial charge >= 0.3 is 0 Å². The molecule has 10 rings (SSSR count). The van der Waals surface area contributed by atoms with Crippen LogP contribution in [0.1, 0.15) is 0 Å². The van der Waals surface area contributed by atoms with Gasteiger partial charge in [-0.2, -0.15) is 0 Å². The second kappa shape index (κ2) is 12.5. The molecule has 0 saturated heterocycles. The molecule has 0 saturated carbocycles. The van der Waals surface area contributed by atoms with Gasteiger partial charge in [0.05, 0.1) is 5.69 Å². The van der Waals surface area contributed by atoms with Crippen LogP contribution in [0.15, 0.2) is 205 Å². The smallest absolute Gasteiger partial charge is 0.143 e. The van der Waals surface area contributed by atoms with Gasteiger partial charge < -0.3 is 9.32 Å². The lowest BCUT2D eigenvalue weighted by Crippen LogP contribution is -2.10. The minimum absolute atomic E-state index is 0.898. The highest BCUT2D eigenvalue weighted by molar-refractivity contribution is 6.13. The summed E-state index contributed by atoms with van der Waals surface area (Å²) in [6.45, 7) is 0. The van der Waals surface area contributed by atoms with Crippen LogP contribution in [-0.4, -0.2) is 0 Å². The van der Waals surface area contributed by atoms with E-state index in [1.807, 2.05) is 6.07 Å². The third-order valence-electron chi connectivity index (χ3n) is 10.2. The van der Waals surface area contributed by atoms with Crippen molar-refractivity contribution in [3.63, 3.8) is 0 Å². The van der Waals surface area contributed by atoms with Gasteiger partial charge in [0.1, 0.15) is 11.2 Å². The Morgan fingerprint density at radius 1 is 0.308 bits per heavy atom. The Bertz CT molecular complexity index is 2900. The number of para-hydroxylation sites is 2. The van der Waals surface area contributed by atoms with Gasteiger partial charge in [-0.15, -0.1) is 0 Å². The summed E-state index contributed by atoms with van der Waals surface area (Å²) in [4.78, 5) is 2.38. The van der Waals surface area contributed by atoms with Crippen LogP contribution in [0, 0.1) is 0 Å². The number of benzene rings is 9. The predicted molar refractivity (Wildman–Crippen MR) is 220 cm³/mol. The summed E-state index contributed by atoms with van der Waals surface area (Å²) in [5.41, 5.74) is 11.9. The molecule has 0 spiro atoms. The molecular weight excluding hydrogens is 631 g/mol. The van der Waals surface area contributed by atoms with E-state index in [1.165, 1.54) is 32.7 Å². The maximum absolute atomic E-state index is 6.82. The maximum Gasteiger partial charge on any atom is 0.143 e. The van der Waals surface area contributed by atoms with Crippen LogP contribution < -0.4 is 4.90 Å². The first kappa shape index (κ1) is 30.0. The Hall–Kier alpha value is -6.90. The highest BCUT2D eigenvalue weighted by Crippen LogP contribution is 2.43. The number of anilines is 3. The van der Waals surface area contributed by atoms with E-state index in [2.05, 4.69) is 199 Å². The normalized spacial score (nSPS) is 11.5. The molecule has 0 radical (unpaired) electrons. The minimum atomic E-state index is 0.898. The first-order valence-electron chi connectivity index (χ1n) is 17.8. The molecule has 0 atom stereocenters. The molecule has 0 bridgehead atoms. The Balaban J connectivity index is 1.12. The Morgan fingerprint density at radius 3 is 1.67 bits per heavy atom. The molecule has 244 valence electrons. The van der Waals surface area contributed by atoms with Crippen LogP contribution in [0.25, 0.3) is 76.9 Å². The highest BCUT2D eigenvalue weighted by atomic mass is 16.3. The van der Waals surface area contributed by atoms with E-state index in [-0.39, 0.29) is 0 Å². The maximum atomic E-state index is 6.82. The number of furan rings is 1. The monoisotopic (exact) mass is 663 g/mol. The fourth-order valence-electron chi connectivity index (χ4n) is 7.71. The van der Waals surface area contributed by atoms with Crippen LogP contribution in [-0.2, 0) is 0 Å². The van der Waals surface area contributed by atoms with Gasteiger partial charge in [-0.05, 0) is 74.8 Å². The van der Waals surface area contributed by atoms with Crippen molar-refractivity contribution in [2.45, 2.75) is 0 Å². The minimum Gasteiger partial charge on any atom is -0.455 e. The standard InChI is InChI=1S/C50H33NO/c1-2-13-37(14-3-1)44-21-10-23-46-47-24-11-22-45(50(47)52-49(44)46)40-18-8-19-42(33-40)51(48-25-9-17-36-15-6-7-20-43(36)48)41-30-28-35(29-31-41)39-27-26-34-12-4-5-16-38(34)32-39/h1-33H. The zero-order valence-electron chi connectivity index (χ0n) is 28.4. The molecule has 9 aromatic carbocycles. The van der Waals surface area contributed by atoms with Gasteiger partial charge in [0, 0.05) is 38.7 Å². The number of nitrogens with zero attached hydrogens (tertiary/aromatic N) is 1. The van der Waals surface area contributed by atoms with Crippen LogP contribution in [0.3, 0.4) is 0 Å². The molecule has 0 N–H and O–H groups in total. The summed E-state index contributed by atoms with van der Waals surface area (Å²) in [5.74, 6) is 0. The first-order valence-corrected chi connectivity index (χ1v) is 17.8. The molecule has 0 aliphatic rings. The number of hydrogen-bond acceptors (Lipinski definition) is 2. The summed E-state index contributed by atoms with van der Waals surface area (Å²) >= 11 is 0. The van der Waals surface area contributed by atoms with Crippen molar-refractivity contribution < 1.29 is 4.42 Å². The molecule has 1 heterocycles. The summed E-state index contributed by atoms with van der Waals surface area (Å²) in [6, 6.07) is 71.6. The highest BCUT2D eigenvalue weighted by Gasteiger charge is 2.19. The molecule has 0 fully saturated rings. The SMILES string of the molecule is c1ccc(-c2cccc3c2oc2c(-c4cccc(N(c5ccc(-c6ccc7ccccc7c6)cc5)c5cccc6ccccc56)c4)cccc23)cc1. The van der Waals surface area contributed by atoms with Gasteiger partial charge in [-0.25, -0.2) is 0 Å². The molecule has 0 amide bonds. The summed E-state index contributed by atoms with van der Waals surface area (Å²) in [7, 11) is 0. The second-order valence-corrected chi connectivity index (χ2v) is 13.3. The Morgan fingerprint density at radius 2 is 0.885 bits per heavy atom. The van der Waals surface area contributed by atoms with Crippen molar-refractivity contribution in [1.29, 1.82) is 0 Å². The van der Waals surface area contributed by atoms with Crippen molar-refractivity contribution in [3.05, 3.63) is 200 Å². The summed E-state index contributed by atoms with van der Waals surface area (Å²) < 4.78 is 6.82. The third-order valence-corrected chi connectivity index (χ3v) is 10.2. The fourth-order valence-corrected chi connectivity index (χ4v) is 7.71. The molecule has 1 aromatic heterocycles. The van der Waals surface area contributed by atoms with Crippen LogP contribution >= 0.6 is 0 Å². The van der Waals surface area contributed by atoms with E-state index in [9.17, 15) is 0 Å². The average molecular weight is 664 g/mol. The van der Waals surface area contributed by atoms with Gasteiger partial charge in [-0.1, -0.05) is 164 Å². The summed E-state index contributed by atoms with van der Waals surface area (Å²) in [5, 5.41) is 7.13. The quantitative estimate of drug-likeness (QED) is 0.176. The van der Waals surface area contributed by atoms with Crippen LogP contribution in [0.2, 0.25) is 0 Å². The zero-order valence-corrected chi connectivity index (χ0v) is 28.4. The number of rotatable bonds is 6. The lowest BCUT2D eigenvalue weighted by atomic mass is 9.99. The Kier molecular flexibility index (Phi) is 7.18. The summed E-state index contributed by atoms with van der Waals surface area (Å²) in [6.07, 6.45) is 0. The lowest BCUT2D eigenvalue weighted by molar-refractivity contribution is 0.671. The molecule has 0 aliphatic carbocycles. The molecule has 2 heteroatoms. The topological polar surface area (TPSA) is 16.4 Å². The Labute approximate surface area is 302 Å². The molecule has 2 nitrogen and oxygen atoms in total. The van der Waals surface area contributed by atoms with E-state index < -0.39 is 0 Å². The van der Waals surface area contributed by atoms with E-state index in [0.29, 0.717) is 0 Å². The molecular formula is C50H33NO. The molecule has 10 aromatic rings. The van der Waals surface area contributed by atoms with E-state index in [1.54, 1.807) is 0 Å². The van der Waals surface area contributed by atoms with Gasteiger partial charge in [0.2, 0.25) is 0 Å². The average Bonchev–Trinajstić information content (AvgIpc) is 3.61. The van der Waals surface area contributed by atoms with Crippen molar-refractivity contribution in [1.82, 2.24) is 0 Å². The van der Waals surface area contributed by atoms with Crippen molar-refractivity contribution >= 4 is 60.5 Å². The molecule has 0 aliphatic heterocycles. The third kappa shape index (κ3) is 5.12. The number of hydrogen-bond donors (Lipinski definition) is 0.